The lowest BCUT2D eigenvalue weighted by molar-refractivity contribution is -0.116. The van der Waals surface area contributed by atoms with Crippen molar-refractivity contribution in [2.75, 3.05) is 5.32 Å². The third kappa shape index (κ3) is 5.68. The summed E-state index contributed by atoms with van der Waals surface area (Å²) >= 11 is 0. The maximum absolute atomic E-state index is 12.0. The van der Waals surface area contributed by atoms with Gasteiger partial charge in [-0.15, -0.1) is 0 Å². The minimum Gasteiger partial charge on any atom is -0.326 e. The van der Waals surface area contributed by atoms with Crippen molar-refractivity contribution >= 4 is 23.2 Å². The third-order valence-electron chi connectivity index (χ3n) is 3.32. The highest BCUT2D eigenvalue weighted by molar-refractivity contribution is 5.97. The molecule has 0 fully saturated rings. The van der Waals surface area contributed by atoms with Crippen LogP contribution in [0.4, 0.5) is 5.69 Å². The van der Waals surface area contributed by atoms with Gasteiger partial charge < -0.3 is 5.32 Å². The number of benzene rings is 1. The first-order chi connectivity index (χ1) is 10.2. The largest absolute Gasteiger partial charge is 0.326 e. The summed E-state index contributed by atoms with van der Waals surface area (Å²) in [7, 11) is 0. The van der Waals surface area contributed by atoms with E-state index >= 15 is 0 Å². The normalized spacial score (nSPS) is 12.0. The first-order valence-corrected chi connectivity index (χ1v) is 7.49. The summed E-state index contributed by atoms with van der Waals surface area (Å²) in [6.07, 6.45) is 1.29. The minimum atomic E-state index is -0.268. The van der Waals surface area contributed by atoms with Gasteiger partial charge in [0.15, 0.2) is 0 Å². The molecule has 22 heavy (non-hydrogen) atoms. The predicted molar refractivity (Wildman–Crippen MR) is 90.0 cm³/mol. The Kier molecular flexibility index (Phi) is 6.28. The third-order valence-corrected chi connectivity index (χ3v) is 3.32. The first-order valence-electron chi connectivity index (χ1n) is 7.49. The molecular weight excluding hydrogens is 278 g/mol. The van der Waals surface area contributed by atoms with Gasteiger partial charge in [-0.3, -0.25) is 9.59 Å². The highest BCUT2D eigenvalue weighted by atomic mass is 16.2. The molecule has 0 aliphatic rings. The van der Waals surface area contributed by atoms with Gasteiger partial charge in [-0.05, 0) is 37.6 Å². The van der Waals surface area contributed by atoms with Crippen molar-refractivity contribution in [2.24, 2.45) is 10.5 Å². The van der Waals surface area contributed by atoms with E-state index in [4.69, 9.17) is 0 Å². The van der Waals surface area contributed by atoms with Gasteiger partial charge in [0.05, 0.1) is 0 Å². The zero-order chi connectivity index (χ0) is 16.8. The van der Waals surface area contributed by atoms with Crippen molar-refractivity contribution in [3.63, 3.8) is 0 Å². The molecule has 120 valence electrons. The highest BCUT2D eigenvalue weighted by Crippen LogP contribution is 2.15. The van der Waals surface area contributed by atoms with E-state index in [2.05, 4.69) is 15.8 Å². The Morgan fingerprint density at radius 2 is 1.73 bits per heavy atom. The van der Waals surface area contributed by atoms with Gasteiger partial charge in [-0.2, -0.15) is 5.10 Å². The Hall–Kier alpha value is -2.17. The van der Waals surface area contributed by atoms with Crippen LogP contribution in [0.5, 0.6) is 0 Å². The van der Waals surface area contributed by atoms with Crippen molar-refractivity contribution in [2.45, 2.75) is 47.5 Å². The molecule has 0 spiro atoms. The van der Waals surface area contributed by atoms with Crippen LogP contribution in [-0.4, -0.2) is 17.5 Å². The van der Waals surface area contributed by atoms with Crippen LogP contribution in [0.15, 0.2) is 29.4 Å². The molecule has 0 aliphatic carbocycles. The average molecular weight is 303 g/mol. The van der Waals surface area contributed by atoms with Gasteiger partial charge in [0.1, 0.15) is 0 Å². The van der Waals surface area contributed by atoms with E-state index in [9.17, 15) is 9.59 Å². The summed E-state index contributed by atoms with van der Waals surface area (Å²) in [6.45, 7) is 9.93. The Bertz CT molecular complexity index is 554. The number of nitrogens with one attached hydrogen (secondary N) is 2. The van der Waals surface area contributed by atoms with E-state index < -0.39 is 0 Å². The molecule has 1 rings (SSSR count). The standard InChI is InChI=1S/C17H25N3O2/c1-6-7-15(21)18-14-10-8-13(9-11-14)16(22)20-19-12(2)17(3,4)5/h8-11H,6-7H2,1-5H3,(H,18,21)(H,20,22)/b19-12+. The van der Waals surface area contributed by atoms with Crippen LogP contribution in [0.3, 0.4) is 0 Å². The number of nitrogens with zero attached hydrogens (tertiary/aromatic N) is 1. The Morgan fingerprint density at radius 3 is 2.23 bits per heavy atom. The summed E-state index contributed by atoms with van der Waals surface area (Å²) in [5.41, 5.74) is 4.50. The van der Waals surface area contributed by atoms with Crippen molar-refractivity contribution in [1.29, 1.82) is 0 Å². The maximum Gasteiger partial charge on any atom is 0.271 e. The Balaban J connectivity index is 2.67. The van der Waals surface area contributed by atoms with E-state index in [1.165, 1.54) is 0 Å². The second-order valence-corrected chi connectivity index (χ2v) is 6.26. The number of anilines is 1. The molecule has 5 nitrogen and oxygen atoms in total. The van der Waals surface area contributed by atoms with Crippen LogP contribution < -0.4 is 10.7 Å². The second kappa shape index (κ2) is 7.73. The number of amides is 2. The number of hydrogen-bond donors (Lipinski definition) is 2. The molecule has 2 amide bonds. The van der Waals surface area contributed by atoms with Crippen LogP contribution in [-0.2, 0) is 4.79 Å². The molecule has 2 N–H and O–H groups in total. The maximum atomic E-state index is 12.0. The van der Waals surface area contributed by atoms with Crippen molar-refractivity contribution in [3.05, 3.63) is 29.8 Å². The quantitative estimate of drug-likeness (QED) is 0.644. The van der Waals surface area contributed by atoms with E-state index in [0.717, 1.165) is 12.1 Å². The number of hydrazone groups is 1. The molecule has 0 saturated carbocycles. The summed E-state index contributed by atoms with van der Waals surface area (Å²) in [5, 5.41) is 6.90. The summed E-state index contributed by atoms with van der Waals surface area (Å²) in [6, 6.07) is 6.75. The predicted octanol–water partition coefficient (Wildman–Crippen LogP) is 3.58. The van der Waals surface area contributed by atoms with Gasteiger partial charge in [-0.1, -0.05) is 27.7 Å². The number of hydrogen-bond acceptors (Lipinski definition) is 3. The monoisotopic (exact) mass is 303 g/mol. The SMILES string of the molecule is CCCC(=O)Nc1ccc(C(=O)N/N=C(\C)C(C)(C)C)cc1. The van der Waals surface area contributed by atoms with Crippen LogP contribution >= 0.6 is 0 Å². The molecule has 1 aromatic rings. The topological polar surface area (TPSA) is 70.6 Å². The van der Waals surface area contributed by atoms with E-state index in [0.29, 0.717) is 17.7 Å². The first kappa shape index (κ1) is 17.9. The van der Waals surface area contributed by atoms with Crippen molar-refractivity contribution in [3.8, 4) is 0 Å². The molecule has 0 aromatic heterocycles. The molecular formula is C17H25N3O2. The molecule has 1 aromatic carbocycles. The number of carbonyl (C=O) groups is 2. The Labute approximate surface area is 132 Å². The number of carbonyl (C=O) groups excluding carboxylic acids is 2. The van der Waals surface area contributed by atoms with E-state index in [-0.39, 0.29) is 17.2 Å². The second-order valence-electron chi connectivity index (χ2n) is 6.26. The van der Waals surface area contributed by atoms with Gasteiger partial charge in [0.2, 0.25) is 5.91 Å². The molecule has 0 radical (unpaired) electrons. The van der Waals surface area contributed by atoms with Crippen LogP contribution in [0.25, 0.3) is 0 Å². The van der Waals surface area contributed by atoms with Crippen molar-refractivity contribution < 1.29 is 9.59 Å². The van der Waals surface area contributed by atoms with E-state index in [1.807, 2.05) is 34.6 Å². The molecule has 0 unspecified atom stereocenters. The minimum absolute atomic E-state index is 0.0231. The van der Waals surface area contributed by atoms with Gasteiger partial charge in [0, 0.05) is 28.8 Å². The fourth-order valence-electron chi connectivity index (χ4n) is 1.52. The highest BCUT2D eigenvalue weighted by Gasteiger charge is 2.15. The summed E-state index contributed by atoms with van der Waals surface area (Å²) in [4.78, 5) is 23.5. The van der Waals surface area contributed by atoms with Gasteiger partial charge in [-0.25, -0.2) is 5.43 Å². The molecule has 0 bridgehead atoms. The van der Waals surface area contributed by atoms with E-state index in [1.54, 1.807) is 24.3 Å². The Morgan fingerprint density at radius 1 is 1.14 bits per heavy atom. The lowest BCUT2D eigenvalue weighted by Crippen LogP contribution is -2.24. The molecule has 0 heterocycles. The zero-order valence-electron chi connectivity index (χ0n) is 14.0. The lowest BCUT2D eigenvalue weighted by atomic mass is 9.91. The van der Waals surface area contributed by atoms with Crippen LogP contribution in [0, 0.1) is 5.41 Å². The average Bonchev–Trinajstić information content (AvgIpc) is 2.44. The zero-order valence-corrected chi connectivity index (χ0v) is 14.0. The van der Waals surface area contributed by atoms with Gasteiger partial charge in [0.25, 0.3) is 5.91 Å². The summed E-state index contributed by atoms with van der Waals surface area (Å²) in [5.74, 6) is -0.292. The molecule has 0 aliphatic heterocycles. The summed E-state index contributed by atoms with van der Waals surface area (Å²) < 4.78 is 0. The fraction of sp³-hybridized carbons (Fsp3) is 0.471. The van der Waals surface area contributed by atoms with Crippen molar-refractivity contribution in [1.82, 2.24) is 5.43 Å². The number of rotatable bonds is 5. The van der Waals surface area contributed by atoms with Gasteiger partial charge >= 0.3 is 0 Å². The van der Waals surface area contributed by atoms with Crippen LogP contribution in [0.2, 0.25) is 0 Å². The molecule has 0 saturated heterocycles. The molecule has 0 atom stereocenters. The van der Waals surface area contributed by atoms with Crippen LogP contribution in [0.1, 0.15) is 57.8 Å². The lowest BCUT2D eigenvalue weighted by Gasteiger charge is -2.17. The molecule has 5 heteroatoms. The smallest absolute Gasteiger partial charge is 0.271 e. The fourth-order valence-corrected chi connectivity index (χ4v) is 1.52.